The Morgan fingerprint density at radius 3 is 2.72 bits per heavy atom. The van der Waals surface area contributed by atoms with E-state index in [1.165, 1.54) is 12.7 Å². The normalized spacial score (nSPS) is 21.8. The number of halogens is 1. The van der Waals surface area contributed by atoms with Gasteiger partial charge in [-0.2, -0.15) is 5.10 Å². The lowest BCUT2D eigenvalue weighted by molar-refractivity contribution is -0.159. The van der Waals surface area contributed by atoms with Gasteiger partial charge in [0.05, 0.1) is 29.5 Å². The van der Waals surface area contributed by atoms with Crippen molar-refractivity contribution in [2.24, 2.45) is 0 Å². The molecule has 3 aromatic heterocycles. The van der Waals surface area contributed by atoms with Crippen molar-refractivity contribution in [3.05, 3.63) is 67.3 Å². The Kier molecular flexibility index (Phi) is 5.33. The van der Waals surface area contributed by atoms with Gasteiger partial charge in [-0.1, -0.05) is 0 Å². The van der Waals surface area contributed by atoms with Crippen molar-refractivity contribution in [2.75, 3.05) is 11.2 Å². The van der Waals surface area contributed by atoms with Gasteiger partial charge in [-0.15, -0.1) is 11.6 Å². The molecule has 3 heterocycles. The molecule has 182 valence electrons. The van der Waals surface area contributed by atoms with Crippen LogP contribution in [0.4, 0.5) is 5.69 Å². The molecule has 0 saturated heterocycles. The van der Waals surface area contributed by atoms with E-state index in [9.17, 15) is 9.59 Å². The number of nitrogens with one attached hydrogen (secondary N) is 2. The van der Waals surface area contributed by atoms with Crippen molar-refractivity contribution in [2.45, 2.75) is 36.8 Å². The number of anilines is 1. The van der Waals surface area contributed by atoms with E-state index in [0.717, 1.165) is 24.8 Å². The summed E-state index contributed by atoms with van der Waals surface area (Å²) in [4.78, 5) is 37.8. The summed E-state index contributed by atoms with van der Waals surface area (Å²) < 4.78 is 7.44. The summed E-state index contributed by atoms with van der Waals surface area (Å²) in [5.74, 6) is -0.0785. The largest absolute Gasteiger partial charge is 0.444 e. The van der Waals surface area contributed by atoms with Gasteiger partial charge in [-0.05, 0) is 43.5 Å². The molecule has 1 aromatic carbocycles. The monoisotopic (exact) mass is 503 g/mol. The smallest absolute Gasteiger partial charge is 0.239 e. The summed E-state index contributed by atoms with van der Waals surface area (Å²) in [6, 6.07) is 7.31. The Balaban J connectivity index is 1.25. The first-order valence-electron chi connectivity index (χ1n) is 11.5. The van der Waals surface area contributed by atoms with Gasteiger partial charge in [0.25, 0.3) is 0 Å². The second-order valence-corrected chi connectivity index (χ2v) is 9.68. The molecule has 3 saturated carbocycles. The summed E-state index contributed by atoms with van der Waals surface area (Å²) in [5, 5.41) is 10.4. The molecule has 0 atom stereocenters. The van der Waals surface area contributed by atoms with Crippen LogP contribution in [0, 0.1) is 0 Å². The van der Waals surface area contributed by atoms with Gasteiger partial charge in [0.1, 0.15) is 12.2 Å². The van der Waals surface area contributed by atoms with Gasteiger partial charge in [0.2, 0.25) is 11.8 Å². The van der Waals surface area contributed by atoms with Crippen LogP contribution < -0.4 is 10.6 Å². The van der Waals surface area contributed by atoms with Crippen molar-refractivity contribution in [3.63, 3.8) is 0 Å². The lowest BCUT2D eigenvalue weighted by atomic mass is 9.44. The zero-order valence-corrected chi connectivity index (χ0v) is 19.9. The predicted octanol–water partition coefficient (Wildman–Crippen LogP) is 3.16. The number of rotatable bonds is 8. The van der Waals surface area contributed by atoms with Crippen LogP contribution in [0.15, 0.2) is 66.2 Å². The fourth-order valence-corrected chi connectivity index (χ4v) is 5.51. The Morgan fingerprint density at radius 2 is 2.00 bits per heavy atom. The molecule has 36 heavy (non-hydrogen) atoms. The lowest BCUT2D eigenvalue weighted by Crippen LogP contribution is -2.79. The number of alkyl halides is 1. The van der Waals surface area contributed by atoms with E-state index >= 15 is 0 Å². The van der Waals surface area contributed by atoms with E-state index in [4.69, 9.17) is 16.0 Å². The maximum atomic E-state index is 13.1. The first-order chi connectivity index (χ1) is 17.5. The number of hydrogen-bond acceptors (Lipinski definition) is 7. The van der Waals surface area contributed by atoms with E-state index in [1.807, 2.05) is 23.0 Å². The number of carbonyl (C=O) groups is 2. The second-order valence-electron chi connectivity index (χ2n) is 9.42. The lowest BCUT2D eigenvalue weighted by Gasteiger charge is -2.70. The van der Waals surface area contributed by atoms with Crippen LogP contribution >= 0.6 is 11.6 Å². The van der Waals surface area contributed by atoms with E-state index < -0.39 is 0 Å². The molecule has 3 aliphatic carbocycles. The van der Waals surface area contributed by atoms with Gasteiger partial charge in [0.15, 0.2) is 12.2 Å². The summed E-state index contributed by atoms with van der Waals surface area (Å²) in [6.45, 7) is 0. The summed E-state index contributed by atoms with van der Waals surface area (Å²) >= 11 is 5.72. The maximum absolute atomic E-state index is 13.1. The Labute approximate surface area is 211 Å². The van der Waals surface area contributed by atoms with Crippen molar-refractivity contribution >= 4 is 29.1 Å². The zero-order valence-electron chi connectivity index (χ0n) is 19.1. The standard InChI is InChI=1S/C25H22ClN7O3/c26-8-22(35)31-19-3-2-16(20-10-28-15-36-20)6-18(19)23-17(9-27-14-29-23)7-21(34)32-24-11-25(12-24,13-24)33-5-1-4-30-33/h1-6,9-10,14-15H,7-8,11-13H2,(H,31,35)(H,32,34). The second kappa shape index (κ2) is 8.56. The molecule has 3 fully saturated rings. The van der Waals surface area contributed by atoms with Gasteiger partial charge in [-0.25, -0.2) is 15.0 Å². The fraction of sp³-hybridized carbons (Fsp3) is 0.280. The SMILES string of the molecule is O=C(CCl)Nc1ccc(-c2cnco2)cc1-c1ncncc1CC(=O)NC12CC(n3cccn3)(C1)C2. The summed E-state index contributed by atoms with van der Waals surface area (Å²) in [5.41, 5.74) is 2.93. The molecular formula is C25H22ClN7O3. The Morgan fingerprint density at radius 1 is 1.14 bits per heavy atom. The van der Waals surface area contributed by atoms with Crippen LogP contribution in [0.25, 0.3) is 22.6 Å². The van der Waals surface area contributed by atoms with E-state index in [2.05, 4.69) is 30.7 Å². The number of oxazole rings is 1. The molecule has 11 heteroatoms. The minimum Gasteiger partial charge on any atom is -0.444 e. The minimum atomic E-state index is -0.353. The first-order valence-corrected chi connectivity index (χ1v) is 12.0. The Bertz CT molecular complexity index is 1420. The molecule has 3 aliphatic rings. The number of carbonyl (C=O) groups excluding carboxylic acids is 2. The number of nitrogens with zero attached hydrogens (tertiary/aromatic N) is 5. The van der Waals surface area contributed by atoms with Crippen molar-refractivity contribution in [3.8, 4) is 22.6 Å². The topological polar surface area (TPSA) is 128 Å². The van der Waals surface area contributed by atoms with Gasteiger partial charge in [0, 0.05) is 40.8 Å². The van der Waals surface area contributed by atoms with E-state index in [1.54, 1.807) is 30.7 Å². The van der Waals surface area contributed by atoms with E-state index in [-0.39, 0.29) is 35.2 Å². The fourth-order valence-electron chi connectivity index (χ4n) is 5.45. The van der Waals surface area contributed by atoms with E-state index in [0.29, 0.717) is 28.3 Å². The molecule has 7 rings (SSSR count). The predicted molar refractivity (Wildman–Crippen MR) is 131 cm³/mol. The molecule has 2 bridgehead atoms. The number of benzene rings is 1. The molecule has 10 nitrogen and oxygen atoms in total. The van der Waals surface area contributed by atoms with Crippen LogP contribution in [0.3, 0.4) is 0 Å². The van der Waals surface area contributed by atoms with Crippen molar-refractivity contribution in [1.29, 1.82) is 0 Å². The van der Waals surface area contributed by atoms with Gasteiger partial charge in [-0.3, -0.25) is 14.3 Å². The molecular weight excluding hydrogens is 482 g/mol. The summed E-state index contributed by atoms with van der Waals surface area (Å²) in [7, 11) is 0. The van der Waals surface area contributed by atoms with Crippen LogP contribution in [-0.4, -0.2) is 48.0 Å². The zero-order chi connectivity index (χ0) is 24.8. The van der Waals surface area contributed by atoms with Gasteiger partial charge < -0.3 is 15.1 Å². The molecule has 4 aromatic rings. The van der Waals surface area contributed by atoms with Gasteiger partial charge >= 0.3 is 0 Å². The Hall–Kier alpha value is -4.05. The molecule has 2 N–H and O–H groups in total. The molecule has 0 radical (unpaired) electrons. The highest BCUT2D eigenvalue weighted by Crippen LogP contribution is 2.64. The molecule has 0 aliphatic heterocycles. The van der Waals surface area contributed by atoms with Crippen LogP contribution in [-0.2, 0) is 21.5 Å². The molecule has 2 amide bonds. The number of amides is 2. The number of hydrogen-bond donors (Lipinski definition) is 2. The highest BCUT2D eigenvalue weighted by molar-refractivity contribution is 6.29. The first kappa shape index (κ1) is 22.4. The highest BCUT2D eigenvalue weighted by atomic mass is 35.5. The van der Waals surface area contributed by atoms with Crippen LogP contribution in [0.2, 0.25) is 0 Å². The summed E-state index contributed by atoms with van der Waals surface area (Å²) in [6.07, 6.45) is 12.5. The quantitative estimate of drug-likeness (QED) is 0.353. The molecule has 0 spiro atoms. The average Bonchev–Trinajstić information content (AvgIpc) is 3.56. The van der Waals surface area contributed by atoms with Crippen molar-refractivity contribution in [1.82, 2.24) is 30.0 Å². The average molecular weight is 504 g/mol. The molecule has 0 unspecified atom stereocenters. The van der Waals surface area contributed by atoms with Crippen molar-refractivity contribution < 1.29 is 14.0 Å². The van der Waals surface area contributed by atoms with Crippen LogP contribution in [0.5, 0.6) is 0 Å². The third kappa shape index (κ3) is 3.83. The maximum Gasteiger partial charge on any atom is 0.239 e. The van der Waals surface area contributed by atoms with Crippen LogP contribution in [0.1, 0.15) is 24.8 Å². The third-order valence-corrected chi connectivity index (χ3v) is 7.17. The highest BCUT2D eigenvalue weighted by Gasteiger charge is 2.70. The minimum absolute atomic E-state index is 0.0362. The third-order valence-electron chi connectivity index (χ3n) is 6.92. The number of aromatic nitrogens is 5.